The van der Waals surface area contributed by atoms with E-state index in [0.717, 1.165) is 91.4 Å². The van der Waals surface area contributed by atoms with Crippen molar-refractivity contribution in [2.75, 3.05) is 63.1 Å². The van der Waals surface area contributed by atoms with Gasteiger partial charge in [-0.2, -0.15) is 0 Å². The minimum atomic E-state index is 0.465. The summed E-state index contributed by atoms with van der Waals surface area (Å²) < 4.78 is 0.973. The van der Waals surface area contributed by atoms with Gasteiger partial charge in [0.25, 0.3) is 0 Å². The molecule has 2 aliphatic rings. The lowest BCUT2D eigenvalue weighted by Crippen LogP contribution is -2.46. The monoisotopic (exact) mass is 497 g/mol. The SMILES string of the molecule is CCN1CCN(c2ccc(-c3nc4ncc(Br)c(NC5CCN(C)CC5)c4[nH]3)cc2)CC1. The number of likely N-dealkylation sites (N-methyl/N-ethyl adjacent to an activating group) is 1. The van der Waals surface area contributed by atoms with Gasteiger partial charge in [0.1, 0.15) is 11.3 Å². The highest BCUT2D eigenvalue weighted by Crippen LogP contribution is 2.32. The molecule has 0 radical (unpaired) electrons. The van der Waals surface area contributed by atoms with Crippen LogP contribution in [0.3, 0.4) is 0 Å². The minimum absolute atomic E-state index is 0.465. The Morgan fingerprint density at radius 3 is 2.47 bits per heavy atom. The maximum atomic E-state index is 4.80. The van der Waals surface area contributed by atoms with E-state index < -0.39 is 0 Å². The fourth-order valence-electron chi connectivity index (χ4n) is 4.72. The number of pyridine rings is 1. The topological polar surface area (TPSA) is 63.3 Å². The van der Waals surface area contributed by atoms with E-state index in [9.17, 15) is 0 Å². The van der Waals surface area contributed by atoms with Crippen molar-refractivity contribution in [2.45, 2.75) is 25.8 Å². The molecule has 2 saturated heterocycles. The summed E-state index contributed by atoms with van der Waals surface area (Å²) in [7, 11) is 2.19. The quantitative estimate of drug-likeness (QED) is 0.554. The smallest absolute Gasteiger partial charge is 0.180 e. The molecule has 7 nitrogen and oxygen atoms in total. The number of aromatic nitrogens is 3. The number of fused-ring (bicyclic) bond motifs is 1. The number of hydrogen-bond donors (Lipinski definition) is 2. The second kappa shape index (κ2) is 9.37. The fraction of sp³-hybridized carbons (Fsp3) is 0.500. The molecule has 170 valence electrons. The Morgan fingerprint density at radius 1 is 1.06 bits per heavy atom. The third-order valence-electron chi connectivity index (χ3n) is 6.87. The Balaban J connectivity index is 1.36. The van der Waals surface area contributed by atoms with Crippen LogP contribution in [0.4, 0.5) is 11.4 Å². The van der Waals surface area contributed by atoms with Gasteiger partial charge >= 0.3 is 0 Å². The summed E-state index contributed by atoms with van der Waals surface area (Å²) >= 11 is 3.69. The van der Waals surface area contributed by atoms with Crippen molar-refractivity contribution in [1.82, 2.24) is 24.8 Å². The van der Waals surface area contributed by atoms with E-state index in [-0.39, 0.29) is 0 Å². The van der Waals surface area contributed by atoms with E-state index in [4.69, 9.17) is 4.98 Å². The Morgan fingerprint density at radius 2 is 1.78 bits per heavy atom. The van der Waals surface area contributed by atoms with Crippen LogP contribution in [0.5, 0.6) is 0 Å². The maximum Gasteiger partial charge on any atom is 0.180 e. The lowest BCUT2D eigenvalue weighted by Gasteiger charge is -2.35. The van der Waals surface area contributed by atoms with Crippen LogP contribution in [0, 0.1) is 0 Å². The molecule has 2 aliphatic heterocycles. The standard InChI is InChI=1S/C24H32BrN7/c1-3-31-12-14-32(15-13-31)19-6-4-17(5-7-19)23-28-22-21(20(25)16-26-24(22)29-23)27-18-8-10-30(2)11-9-18/h4-7,16,18H,3,8-15H2,1-2H3,(H2,26,27,28,29). The Labute approximate surface area is 198 Å². The van der Waals surface area contributed by atoms with Crippen molar-refractivity contribution in [2.24, 2.45) is 0 Å². The number of H-pyrrole nitrogens is 1. The van der Waals surface area contributed by atoms with Gasteiger partial charge in [0.05, 0.1) is 10.2 Å². The van der Waals surface area contributed by atoms with Crippen LogP contribution in [0.25, 0.3) is 22.6 Å². The zero-order valence-corrected chi connectivity index (χ0v) is 20.5. The fourth-order valence-corrected chi connectivity index (χ4v) is 5.14. The number of piperazine rings is 1. The molecule has 0 saturated carbocycles. The third-order valence-corrected chi connectivity index (χ3v) is 7.47. The summed E-state index contributed by atoms with van der Waals surface area (Å²) in [4.78, 5) is 20.2. The van der Waals surface area contributed by atoms with E-state index in [1.54, 1.807) is 0 Å². The van der Waals surface area contributed by atoms with Crippen LogP contribution in [-0.4, -0.2) is 83.7 Å². The zero-order chi connectivity index (χ0) is 22.1. The van der Waals surface area contributed by atoms with Gasteiger partial charge in [-0.05, 0) is 79.7 Å². The molecule has 2 aromatic heterocycles. The highest BCUT2D eigenvalue weighted by atomic mass is 79.9. The van der Waals surface area contributed by atoms with Gasteiger partial charge in [-0.1, -0.05) is 6.92 Å². The summed E-state index contributed by atoms with van der Waals surface area (Å²) in [6.45, 7) is 10.1. The molecule has 3 aromatic rings. The highest BCUT2D eigenvalue weighted by Gasteiger charge is 2.20. The van der Waals surface area contributed by atoms with Crippen LogP contribution in [0.2, 0.25) is 0 Å². The van der Waals surface area contributed by atoms with Crippen LogP contribution in [-0.2, 0) is 0 Å². The predicted octanol–water partition coefficient (Wildman–Crippen LogP) is 4.04. The van der Waals surface area contributed by atoms with Gasteiger partial charge in [0.15, 0.2) is 5.65 Å². The van der Waals surface area contributed by atoms with Gasteiger partial charge in [0.2, 0.25) is 0 Å². The first-order chi connectivity index (χ1) is 15.6. The van der Waals surface area contributed by atoms with E-state index >= 15 is 0 Å². The first-order valence-corrected chi connectivity index (χ1v) is 12.5. The number of nitrogens with zero attached hydrogens (tertiary/aromatic N) is 5. The lowest BCUT2D eigenvalue weighted by molar-refractivity contribution is 0.264. The molecule has 1 aromatic carbocycles. The van der Waals surface area contributed by atoms with Crippen molar-refractivity contribution in [1.29, 1.82) is 0 Å². The molecule has 5 rings (SSSR count). The second-order valence-corrected chi connectivity index (χ2v) is 9.81. The van der Waals surface area contributed by atoms with Crippen LogP contribution < -0.4 is 10.2 Å². The third kappa shape index (κ3) is 4.49. The van der Waals surface area contributed by atoms with Gasteiger partial charge < -0.3 is 25.0 Å². The summed E-state index contributed by atoms with van der Waals surface area (Å²) in [6, 6.07) is 9.22. The molecule has 0 unspecified atom stereocenters. The van der Waals surface area contributed by atoms with Crippen molar-refractivity contribution in [3.8, 4) is 11.4 Å². The summed E-state index contributed by atoms with van der Waals surface area (Å²) in [5.74, 6) is 0.861. The number of piperidine rings is 1. The zero-order valence-electron chi connectivity index (χ0n) is 18.9. The highest BCUT2D eigenvalue weighted by molar-refractivity contribution is 9.10. The van der Waals surface area contributed by atoms with Gasteiger partial charge in [-0.3, -0.25) is 0 Å². The Hall–Kier alpha value is -2.16. The minimum Gasteiger partial charge on any atom is -0.379 e. The molecule has 0 spiro atoms. The second-order valence-electron chi connectivity index (χ2n) is 8.96. The normalized spacial score (nSPS) is 19.0. The Bertz CT molecular complexity index is 1050. The van der Waals surface area contributed by atoms with Crippen molar-refractivity contribution >= 4 is 38.5 Å². The number of imidazole rings is 1. The molecule has 0 bridgehead atoms. The van der Waals surface area contributed by atoms with Crippen LogP contribution in [0.15, 0.2) is 34.9 Å². The molecule has 0 atom stereocenters. The first kappa shape index (κ1) is 21.7. The van der Waals surface area contributed by atoms with Gasteiger partial charge in [-0.15, -0.1) is 0 Å². The number of rotatable bonds is 5. The van der Waals surface area contributed by atoms with E-state index in [1.165, 1.54) is 5.69 Å². The number of halogens is 1. The molecule has 2 N–H and O–H groups in total. The average molecular weight is 498 g/mol. The molecule has 2 fully saturated rings. The number of likely N-dealkylation sites (tertiary alicyclic amines) is 1. The molecule has 8 heteroatoms. The Kier molecular flexibility index (Phi) is 6.35. The number of nitrogens with one attached hydrogen (secondary N) is 2. The van der Waals surface area contributed by atoms with Gasteiger partial charge in [-0.25, -0.2) is 9.97 Å². The van der Waals surface area contributed by atoms with E-state index in [2.05, 4.69) is 84.2 Å². The molecular formula is C24H32BrN7. The molecule has 4 heterocycles. The van der Waals surface area contributed by atoms with Crippen molar-refractivity contribution < 1.29 is 0 Å². The first-order valence-electron chi connectivity index (χ1n) is 11.7. The van der Waals surface area contributed by atoms with E-state index in [1.807, 2.05) is 6.20 Å². The van der Waals surface area contributed by atoms with Gasteiger partial charge in [0, 0.05) is 49.7 Å². The van der Waals surface area contributed by atoms with Crippen LogP contribution >= 0.6 is 15.9 Å². The number of aromatic amines is 1. The van der Waals surface area contributed by atoms with E-state index in [0.29, 0.717) is 6.04 Å². The van der Waals surface area contributed by atoms with Crippen molar-refractivity contribution in [3.63, 3.8) is 0 Å². The summed E-state index contributed by atoms with van der Waals surface area (Å²) in [5.41, 5.74) is 5.14. The number of benzene rings is 1. The largest absolute Gasteiger partial charge is 0.379 e. The molecular weight excluding hydrogens is 466 g/mol. The number of hydrogen-bond acceptors (Lipinski definition) is 6. The molecule has 0 aliphatic carbocycles. The lowest BCUT2D eigenvalue weighted by atomic mass is 10.1. The van der Waals surface area contributed by atoms with Crippen molar-refractivity contribution in [3.05, 3.63) is 34.9 Å². The van der Waals surface area contributed by atoms with Crippen LogP contribution in [0.1, 0.15) is 19.8 Å². The molecule has 32 heavy (non-hydrogen) atoms. The summed E-state index contributed by atoms with van der Waals surface area (Å²) in [6.07, 6.45) is 4.13. The maximum absolute atomic E-state index is 4.80. The summed E-state index contributed by atoms with van der Waals surface area (Å²) in [5, 5.41) is 3.74. The molecule has 0 amide bonds. The predicted molar refractivity (Wildman–Crippen MR) is 135 cm³/mol. The average Bonchev–Trinajstić information content (AvgIpc) is 3.27. The number of anilines is 2.